The molecule has 0 aromatic heterocycles. The lowest BCUT2D eigenvalue weighted by Gasteiger charge is -2.26. The highest BCUT2D eigenvalue weighted by Gasteiger charge is 2.36. The van der Waals surface area contributed by atoms with Gasteiger partial charge in [0.1, 0.15) is 5.92 Å². The van der Waals surface area contributed by atoms with Crippen LogP contribution in [0.15, 0.2) is 30.3 Å². The fraction of sp³-hybridized carbons (Fsp3) is 0.429. The van der Waals surface area contributed by atoms with E-state index in [1.54, 1.807) is 0 Å². The molecular formula is C14H16O3. The average Bonchev–Trinajstić information content (AvgIpc) is 2.39. The second-order valence-electron chi connectivity index (χ2n) is 4.37. The Bertz CT molecular complexity index is 411. The van der Waals surface area contributed by atoms with Gasteiger partial charge in [-0.25, -0.2) is 0 Å². The highest BCUT2D eigenvalue weighted by molar-refractivity contribution is 6.02. The maximum absolute atomic E-state index is 12.2. The van der Waals surface area contributed by atoms with Gasteiger partial charge in [-0.1, -0.05) is 36.8 Å². The molecule has 3 heteroatoms. The fourth-order valence-corrected chi connectivity index (χ4v) is 2.45. The highest BCUT2D eigenvalue weighted by Crippen LogP contribution is 2.33. The van der Waals surface area contributed by atoms with E-state index >= 15 is 0 Å². The zero-order valence-electron chi connectivity index (χ0n) is 9.89. The van der Waals surface area contributed by atoms with Crippen LogP contribution in [0.2, 0.25) is 0 Å². The van der Waals surface area contributed by atoms with Crippen LogP contribution in [0.4, 0.5) is 0 Å². The van der Waals surface area contributed by atoms with Crippen LogP contribution >= 0.6 is 0 Å². The summed E-state index contributed by atoms with van der Waals surface area (Å²) in [5, 5.41) is 0. The highest BCUT2D eigenvalue weighted by atomic mass is 16.5. The first-order chi connectivity index (χ1) is 8.24. The quantitative estimate of drug-likeness (QED) is 0.580. The van der Waals surface area contributed by atoms with Crippen molar-refractivity contribution in [2.75, 3.05) is 7.11 Å². The van der Waals surface area contributed by atoms with Gasteiger partial charge in [0, 0.05) is 5.92 Å². The van der Waals surface area contributed by atoms with E-state index in [-0.39, 0.29) is 11.7 Å². The molecule has 0 aliphatic heterocycles. The Morgan fingerprint density at radius 3 is 2.59 bits per heavy atom. The van der Waals surface area contributed by atoms with Crippen molar-refractivity contribution in [2.45, 2.75) is 25.2 Å². The topological polar surface area (TPSA) is 43.4 Å². The molecule has 0 bridgehead atoms. The Morgan fingerprint density at radius 2 is 1.94 bits per heavy atom. The molecule has 17 heavy (non-hydrogen) atoms. The van der Waals surface area contributed by atoms with Crippen molar-refractivity contribution in [3.05, 3.63) is 35.9 Å². The van der Waals surface area contributed by atoms with E-state index in [2.05, 4.69) is 4.74 Å². The van der Waals surface area contributed by atoms with Crippen LogP contribution in [0.3, 0.4) is 0 Å². The molecule has 0 unspecified atom stereocenters. The molecule has 0 saturated heterocycles. The molecule has 1 aromatic rings. The number of hydrogen-bond donors (Lipinski definition) is 0. The number of hydrogen-bond acceptors (Lipinski definition) is 3. The van der Waals surface area contributed by atoms with E-state index in [1.807, 2.05) is 30.3 Å². The van der Waals surface area contributed by atoms with E-state index in [1.165, 1.54) is 7.11 Å². The molecule has 2 rings (SSSR count). The van der Waals surface area contributed by atoms with Gasteiger partial charge in [0.25, 0.3) is 0 Å². The second-order valence-corrected chi connectivity index (χ2v) is 4.37. The molecule has 0 heterocycles. The van der Waals surface area contributed by atoms with Crippen molar-refractivity contribution < 1.29 is 14.3 Å². The minimum absolute atomic E-state index is 0.00861. The lowest BCUT2D eigenvalue weighted by Crippen LogP contribution is -2.33. The van der Waals surface area contributed by atoms with Crippen molar-refractivity contribution in [1.29, 1.82) is 0 Å². The van der Waals surface area contributed by atoms with Gasteiger partial charge < -0.3 is 4.74 Å². The monoisotopic (exact) mass is 232 g/mol. The molecule has 1 aromatic carbocycles. The van der Waals surface area contributed by atoms with Crippen LogP contribution < -0.4 is 0 Å². The van der Waals surface area contributed by atoms with E-state index < -0.39 is 11.9 Å². The normalized spacial score (nSPS) is 24.4. The summed E-state index contributed by atoms with van der Waals surface area (Å²) in [7, 11) is 1.34. The second kappa shape index (κ2) is 5.13. The summed E-state index contributed by atoms with van der Waals surface area (Å²) in [6.45, 7) is 0. The molecule has 1 fully saturated rings. The van der Waals surface area contributed by atoms with E-state index in [9.17, 15) is 9.59 Å². The molecule has 3 nitrogen and oxygen atoms in total. The number of methoxy groups -OCH3 is 1. The summed E-state index contributed by atoms with van der Waals surface area (Å²) < 4.78 is 4.68. The first-order valence-electron chi connectivity index (χ1n) is 5.90. The molecule has 0 spiro atoms. The molecule has 1 aliphatic carbocycles. The van der Waals surface area contributed by atoms with Crippen molar-refractivity contribution in [2.24, 2.45) is 5.92 Å². The number of carbonyl (C=O) groups excluding carboxylic acids is 2. The van der Waals surface area contributed by atoms with Crippen molar-refractivity contribution >= 4 is 11.8 Å². The lowest BCUT2D eigenvalue weighted by atomic mass is 9.77. The maximum Gasteiger partial charge on any atom is 0.316 e. The Labute approximate surface area is 101 Å². The van der Waals surface area contributed by atoms with Gasteiger partial charge in [0.2, 0.25) is 0 Å². The third-order valence-electron chi connectivity index (χ3n) is 3.36. The fourth-order valence-electron chi connectivity index (χ4n) is 2.45. The summed E-state index contributed by atoms with van der Waals surface area (Å²) >= 11 is 0. The number of ether oxygens (including phenoxy) is 1. The Morgan fingerprint density at radius 1 is 1.24 bits per heavy atom. The smallest absolute Gasteiger partial charge is 0.316 e. The van der Waals surface area contributed by atoms with Gasteiger partial charge in [0.05, 0.1) is 7.11 Å². The predicted octanol–water partition coefficient (Wildman–Crippen LogP) is 2.31. The molecule has 0 N–H and O–H groups in total. The van der Waals surface area contributed by atoms with E-state index in [4.69, 9.17) is 0 Å². The van der Waals surface area contributed by atoms with Gasteiger partial charge in [-0.05, 0) is 18.4 Å². The molecule has 90 valence electrons. The largest absolute Gasteiger partial charge is 0.468 e. The molecule has 2 atom stereocenters. The van der Waals surface area contributed by atoms with Crippen molar-refractivity contribution in [3.63, 3.8) is 0 Å². The van der Waals surface area contributed by atoms with Crippen LogP contribution in [0.1, 0.15) is 30.7 Å². The molecule has 0 radical (unpaired) electrons. The zero-order valence-corrected chi connectivity index (χ0v) is 9.89. The summed E-state index contributed by atoms with van der Waals surface area (Å²) in [5.74, 6) is -1.10. The van der Waals surface area contributed by atoms with E-state index in [0.717, 1.165) is 18.4 Å². The standard InChI is InChI=1S/C14H16O3/c1-17-14(16)12-9-5-8-11(13(12)15)10-6-3-2-4-7-10/h2-4,6-7,11-12H,5,8-9H2,1H3/t11-,12+/m1/s1. The van der Waals surface area contributed by atoms with E-state index in [0.29, 0.717) is 6.42 Å². The number of rotatable bonds is 2. The summed E-state index contributed by atoms with van der Waals surface area (Å²) in [5.41, 5.74) is 1.01. The minimum atomic E-state index is -0.570. The SMILES string of the molecule is COC(=O)[C@H]1CCC[C@H](c2ccccc2)C1=O. The van der Waals surface area contributed by atoms with Crippen LogP contribution in [0, 0.1) is 5.92 Å². The summed E-state index contributed by atoms with van der Waals surface area (Å²) in [4.78, 5) is 23.7. The third-order valence-corrected chi connectivity index (χ3v) is 3.36. The molecule has 0 amide bonds. The van der Waals surface area contributed by atoms with Gasteiger partial charge in [-0.15, -0.1) is 0 Å². The Balaban J connectivity index is 2.20. The van der Waals surface area contributed by atoms with Gasteiger partial charge in [-0.3, -0.25) is 9.59 Å². The molecular weight excluding hydrogens is 216 g/mol. The predicted molar refractivity (Wildman–Crippen MR) is 63.5 cm³/mol. The number of benzene rings is 1. The first-order valence-corrected chi connectivity index (χ1v) is 5.90. The number of Topliss-reactive ketones (excluding diaryl/α,β-unsaturated/α-hetero) is 1. The van der Waals surface area contributed by atoms with Crippen LogP contribution in [0.5, 0.6) is 0 Å². The Kier molecular flexibility index (Phi) is 3.57. The minimum Gasteiger partial charge on any atom is -0.468 e. The first kappa shape index (κ1) is 11.8. The molecule has 1 saturated carbocycles. The Hall–Kier alpha value is -1.64. The van der Waals surface area contributed by atoms with Crippen molar-refractivity contribution in [3.8, 4) is 0 Å². The van der Waals surface area contributed by atoms with Crippen molar-refractivity contribution in [1.82, 2.24) is 0 Å². The number of ketones is 1. The summed E-state index contributed by atoms with van der Waals surface area (Å²) in [6.07, 6.45) is 2.34. The molecule has 1 aliphatic rings. The summed E-state index contributed by atoms with van der Waals surface area (Å²) in [6, 6.07) is 9.66. The number of carbonyl (C=O) groups is 2. The third kappa shape index (κ3) is 2.38. The average molecular weight is 232 g/mol. The van der Waals surface area contributed by atoms with Gasteiger partial charge >= 0.3 is 5.97 Å². The zero-order chi connectivity index (χ0) is 12.3. The van der Waals surface area contributed by atoms with Crippen LogP contribution in [-0.4, -0.2) is 18.9 Å². The van der Waals surface area contributed by atoms with Gasteiger partial charge in [0.15, 0.2) is 5.78 Å². The van der Waals surface area contributed by atoms with Crippen LogP contribution in [-0.2, 0) is 14.3 Å². The maximum atomic E-state index is 12.2. The van der Waals surface area contributed by atoms with Crippen LogP contribution in [0.25, 0.3) is 0 Å². The van der Waals surface area contributed by atoms with Gasteiger partial charge in [-0.2, -0.15) is 0 Å². The number of esters is 1. The lowest BCUT2D eigenvalue weighted by molar-refractivity contribution is -0.151.